The van der Waals surface area contributed by atoms with Gasteiger partial charge >= 0.3 is 25.2 Å². The van der Waals surface area contributed by atoms with E-state index in [4.69, 9.17) is 20.9 Å². The number of nitrogens with zero attached hydrogens (tertiary/aromatic N) is 2. The van der Waals surface area contributed by atoms with Gasteiger partial charge in [0.2, 0.25) is 5.88 Å². The number of carbonyl (C=O) groups is 1. The third-order valence-corrected chi connectivity index (χ3v) is 6.92. The average molecular weight is 540 g/mol. The van der Waals surface area contributed by atoms with E-state index in [9.17, 15) is 32.6 Å². The maximum absolute atomic E-state index is 12.9. The van der Waals surface area contributed by atoms with Gasteiger partial charge in [0.25, 0.3) is 0 Å². The van der Waals surface area contributed by atoms with Crippen LogP contribution in [0.25, 0.3) is 0 Å². The van der Waals surface area contributed by atoms with Gasteiger partial charge in [-0.05, 0) is 17.1 Å². The lowest BCUT2D eigenvalue weighted by Crippen LogP contribution is -2.17. The van der Waals surface area contributed by atoms with E-state index in [1.807, 2.05) is 0 Å². The fraction of sp³-hybridized carbons (Fsp3) is 0.400. The van der Waals surface area contributed by atoms with Crippen LogP contribution in [-0.2, 0) is 26.5 Å². The Hall–Kier alpha value is -2.27. The SMILES string of the molecule is CCc1cc([N+](=O)[O-])c([P+](=O)OCSC(=O)C(C)(C)C)cc1Oc1ncc(C(F)(F)F)cc1Cl. The van der Waals surface area contributed by atoms with Crippen molar-refractivity contribution in [3.05, 3.63) is 50.7 Å². The first kappa shape index (κ1) is 28.0. The molecule has 14 heteroatoms. The summed E-state index contributed by atoms with van der Waals surface area (Å²) < 4.78 is 62.0. The quantitative estimate of drug-likeness (QED) is 0.158. The second-order valence-corrected chi connectivity index (χ2v) is 10.4. The van der Waals surface area contributed by atoms with E-state index >= 15 is 0 Å². The van der Waals surface area contributed by atoms with Gasteiger partial charge in [-0.25, -0.2) is 4.98 Å². The van der Waals surface area contributed by atoms with Crippen LogP contribution in [0.4, 0.5) is 18.9 Å². The average Bonchev–Trinajstić information content (AvgIpc) is 2.72. The number of carbonyl (C=O) groups excluding carboxylic acids is 1. The van der Waals surface area contributed by atoms with Gasteiger partial charge in [0, 0.05) is 29.3 Å². The summed E-state index contributed by atoms with van der Waals surface area (Å²) in [6.45, 7) is 6.75. The van der Waals surface area contributed by atoms with Gasteiger partial charge in [0.05, 0.1) is 10.5 Å². The van der Waals surface area contributed by atoms with Crippen LogP contribution in [0, 0.1) is 15.5 Å². The van der Waals surface area contributed by atoms with Crippen LogP contribution < -0.4 is 10.0 Å². The van der Waals surface area contributed by atoms with Gasteiger partial charge < -0.3 is 4.74 Å². The highest BCUT2D eigenvalue weighted by Gasteiger charge is 2.37. The first-order chi connectivity index (χ1) is 15.6. The number of nitro groups is 1. The van der Waals surface area contributed by atoms with Crippen molar-refractivity contribution in [2.24, 2.45) is 5.41 Å². The highest BCUT2D eigenvalue weighted by Crippen LogP contribution is 2.38. The Balaban J connectivity index is 2.37. The van der Waals surface area contributed by atoms with Gasteiger partial charge in [-0.3, -0.25) is 14.9 Å². The van der Waals surface area contributed by atoms with E-state index < -0.39 is 40.8 Å². The van der Waals surface area contributed by atoms with Gasteiger partial charge in [-0.1, -0.05) is 51.1 Å². The van der Waals surface area contributed by atoms with Crippen LogP contribution >= 0.6 is 31.4 Å². The maximum Gasteiger partial charge on any atom is 0.557 e. The molecule has 8 nitrogen and oxygen atoms in total. The number of rotatable bonds is 8. The van der Waals surface area contributed by atoms with Crippen LogP contribution in [0.3, 0.4) is 0 Å². The summed E-state index contributed by atoms with van der Waals surface area (Å²) in [4.78, 5) is 26.4. The Morgan fingerprint density at radius 2 is 1.91 bits per heavy atom. The molecule has 1 unspecified atom stereocenters. The van der Waals surface area contributed by atoms with Crippen LogP contribution in [0.5, 0.6) is 11.6 Å². The summed E-state index contributed by atoms with van der Waals surface area (Å²) in [6.07, 6.45) is -3.89. The highest BCUT2D eigenvalue weighted by atomic mass is 35.5. The lowest BCUT2D eigenvalue weighted by Gasteiger charge is -2.14. The number of aryl methyl sites for hydroxylation is 1. The standard InChI is InChI=1S/C20H20ClF3N2O6PS/c1-5-11-6-14(26(28)29)16(33(30)31-10-34-18(27)19(2,3)4)8-15(11)32-17-13(21)7-12(9-25-17)20(22,23)24/h6-9H,5,10H2,1-4H3/q+1. The zero-order valence-electron chi connectivity index (χ0n) is 18.4. The van der Waals surface area contributed by atoms with Crippen molar-refractivity contribution < 1.29 is 36.7 Å². The zero-order chi connectivity index (χ0) is 25.8. The molecule has 0 spiro atoms. The van der Waals surface area contributed by atoms with Crippen molar-refractivity contribution in [3.8, 4) is 11.6 Å². The molecule has 0 fully saturated rings. The number of hydrogen-bond acceptors (Lipinski definition) is 8. The molecule has 0 bridgehead atoms. The largest absolute Gasteiger partial charge is 0.557 e. The molecule has 1 aromatic carbocycles. The molecule has 0 amide bonds. The molecule has 34 heavy (non-hydrogen) atoms. The van der Waals surface area contributed by atoms with E-state index in [0.717, 1.165) is 23.9 Å². The maximum atomic E-state index is 12.9. The molecule has 2 rings (SSSR count). The van der Waals surface area contributed by atoms with E-state index in [2.05, 4.69) is 4.98 Å². The monoisotopic (exact) mass is 539 g/mol. The molecule has 1 atom stereocenters. The Kier molecular flexibility index (Phi) is 9.04. The topological polar surface area (TPSA) is 109 Å². The number of aromatic nitrogens is 1. The van der Waals surface area contributed by atoms with Gasteiger partial charge in [0.1, 0.15) is 10.8 Å². The van der Waals surface area contributed by atoms with E-state index in [0.29, 0.717) is 17.8 Å². The van der Waals surface area contributed by atoms with Crippen molar-refractivity contribution in [2.45, 2.75) is 40.3 Å². The Morgan fingerprint density at radius 1 is 1.26 bits per heavy atom. The number of alkyl halides is 3. The van der Waals surface area contributed by atoms with Crippen molar-refractivity contribution >= 4 is 47.5 Å². The highest BCUT2D eigenvalue weighted by molar-refractivity contribution is 8.13. The smallest absolute Gasteiger partial charge is 0.437 e. The molecule has 184 valence electrons. The summed E-state index contributed by atoms with van der Waals surface area (Å²) in [5.74, 6) is -0.713. The van der Waals surface area contributed by atoms with E-state index in [1.165, 1.54) is 0 Å². The Morgan fingerprint density at radius 3 is 2.41 bits per heavy atom. The predicted molar refractivity (Wildman–Crippen MR) is 122 cm³/mol. The molecule has 2 aromatic rings. The minimum atomic E-state index is -4.66. The molecule has 1 heterocycles. The van der Waals surface area contributed by atoms with Crippen molar-refractivity contribution in [1.82, 2.24) is 4.98 Å². The Bertz CT molecular complexity index is 1120. The van der Waals surface area contributed by atoms with Crippen molar-refractivity contribution in [1.29, 1.82) is 0 Å². The third kappa shape index (κ3) is 7.11. The summed E-state index contributed by atoms with van der Waals surface area (Å²) in [7, 11) is -2.78. The minimum Gasteiger partial charge on any atom is -0.437 e. The lowest BCUT2D eigenvalue weighted by molar-refractivity contribution is -0.383. The first-order valence-electron chi connectivity index (χ1n) is 9.64. The normalized spacial score (nSPS) is 12.4. The summed E-state index contributed by atoms with van der Waals surface area (Å²) in [6, 6.07) is 2.86. The molecule has 0 saturated heterocycles. The van der Waals surface area contributed by atoms with Gasteiger partial charge in [-0.2, -0.15) is 13.2 Å². The van der Waals surface area contributed by atoms with Gasteiger partial charge in [0.15, 0.2) is 11.1 Å². The zero-order valence-corrected chi connectivity index (χ0v) is 20.9. The molecule has 0 aliphatic heterocycles. The molecule has 0 N–H and O–H groups in total. The summed E-state index contributed by atoms with van der Waals surface area (Å²) >= 11 is 6.66. The first-order valence-corrected chi connectivity index (χ1v) is 12.2. The number of hydrogen-bond donors (Lipinski definition) is 0. The van der Waals surface area contributed by atoms with Crippen molar-refractivity contribution in [2.75, 3.05) is 5.94 Å². The minimum absolute atomic E-state index is 0.0392. The van der Waals surface area contributed by atoms with Crippen LogP contribution in [-0.4, -0.2) is 21.0 Å². The fourth-order valence-electron chi connectivity index (χ4n) is 2.44. The lowest BCUT2D eigenvalue weighted by atomic mass is 10.00. The number of benzene rings is 1. The number of pyridine rings is 1. The number of ether oxygens (including phenoxy) is 1. The summed E-state index contributed by atoms with van der Waals surface area (Å²) in [5.41, 5.74) is -1.94. The molecule has 0 radical (unpaired) electrons. The molecule has 1 aromatic heterocycles. The van der Waals surface area contributed by atoms with E-state index in [1.54, 1.807) is 27.7 Å². The second kappa shape index (κ2) is 11.0. The van der Waals surface area contributed by atoms with Crippen molar-refractivity contribution in [3.63, 3.8) is 0 Å². The number of nitro benzene ring substituents is 1. The summed E-state index contributed by atoms with van der Waals surface area (Å²) in [5, 5.41) is 10.6. The Labute approximate surface area is 203 Å². The van der Waals surface area contributed by atoms with Crippen LogP contribution in [0.2, 0.25) is 5.02 Å². The van der Waals surface area contributed by atoms with E-state index in [-0.39, 0.29) is 34.4 Å². The van der Waals surface area contributed by atoms with Gasteiger partial charge in [-0.15, -0.1) is 4.52 Å². The molecular formula is C20H20ClF3N2O6PS+. The molecule has 0 aliphatic rings. The molecular weight excluding hydrogens is 520 g/mol. The second-order valence-electron chi connectivity index (χ2n) is 7.86. The molecule has 0 aliphatic carbocycles. The third-order valence-electron chi connectivity index (χ3n) is 4.25. The predicted octanol–water partition coefficient (Wildman–Crippen LogP) is 6.66. The number of halogens is 4. The van der Waals surface area contributed by atoms with Crippen LogP contribution in [0.1, 0.15) is 38.8 Å². The fourth-order valence-corrected chi connectivity index (χ4v) is 4.47. The number of thioether (sulfide) groups is 1. The molecule has 0 saturated carbocycles. The van der Waals surface area contributed by atoms with Crippen LogP contribution in [0.15, 0.2) is 24.4 Å².